The van der Waals surface area contributed by atoms with E-state index in [9.17, 15) is 4.79 Å². The Kier molecular flexibility index (Phi) is 6.56. The number of rotatable bonds is 7. The van der Waals surface area contributed by atoms with Crippen molar-refractivity contribution in [2.45, 2.75) is 32.9 Å². The summed E-state index contributed by atoms with van der Waals surface area (Å²) in [5, 5.41) is 7.25. The summed E-state index contributed by atoms with van der Waals surface area (Å²) in [4.78, 5) is 17.1. The molecule has 7 heteroatoms. The van der Waals surface area contributed by atoms with E-state index >= 15 is 0 Å². The lowest BCUT2D eigenvalue weighted by molar-refractivity contribution is -0.121. The first-order valence-corrected chi connectivity index (χ1v) is 8.32. The van der Waals surface area contributed by atoms with Gasteiger partial charge in [0.2, 0.25) is 5.91 Å². The number of ether oxygens (including phenoxy) is 1. The second-order valence-corrected chi connectivity index (χ2v) is 6.29. The number of amides is 1. The number of methoxy groups -OCH3 is 1. The van der Waals surface area contributed by atoms with Gasteiger partial charge in [-0.3, -0.25) is 14.6 Å². The zero-order valence-corrected chi connectivity index (χ0v) is 14.7. The zero-order valence-electron chi connectivity index (χ0n) is 14.7. The summed E-state index contributed by atoms with van der Waals surface area (Å²) >= 11 is 0. The van der Waals surface area contributed by atoms with Crippen LogP contribution < -0.4 is 5.32 Å². The number of anilines is 1. The molecule has 0 bridgehead atoms. The summed E-state index contributed by atoms with van der Waals surface area (Å²) in [5.41, 5.74) is 0. The number of hydrogen-bond donors (Lipinski definition) is 1. The Labute approximate surface area is 138 Å². The highest BCUT2D eigenvalue weighted by Gasteiger charge is 2.26. The molecule has 1 aliphatic heterocycles. The van der Waals surface area contributed by atoms with Crippen LogP contribution in [0.2, 0.25) is 0 Å². The van der Waals surface area contributed by atoms with Crippen LogP contribution in [0.4, 0.5) is 5.82 Å². The van der Waals surface area contributed by atoms with Crippen molar-refractivity contribution in [3.05, 3.63) is 12.3 Å². The molecule has 0 radical (unpaired) electrons. The highest BCUT2D eigenvalue weighted by atomic mass is 16.5. The van der Waals surface area contributed by atoms with Gasteiger partial charge in [0, 0.05) is 51.9 Å². The molecule has 2 heterocycles. The lowest BCUT2D eigenvalue weighted by Crippen LogP contribution is -2.53. The Morgan fingerprint density at radius 2 is 2.00 bits per heavy atom. The van der Waals surface area contributed by atoms with Gasteiger partial charge in [-0.05, 0) is 20.8 Å². The first kappa shape index (κ1) is 17.9. The fraction of sp³-hybridized carbons (Fsp3) is 0.750. The van der Waals surface area contributed by atoms with E-state index in [4.69, 9.17) is 4.74 Å². The van der Waals surface area contributed by atoms with Crippen molar-refractivity contribution >= 4 is 11.7 Å². The number of piperazine rings is 1. The average Bonchev–Trinajstić information content (AvgIpc) is 3.01. The maximum Gasteiger partial charge on any atom is 0.242 e. The van der Waals surface area contributed by atoms with Crippen LogP contribution in [0.5, 0.6) is 0 Å². The first-order chi connectivity index (χ1) is 11.0. The Morgan fingerprint density at radius 1 is 1.30 bits per heavy atom. The van der Waals surface area contributed by atoms with Gasteiger partial charge in [0.1, 0.15) is 5.82 Å². The third-order valence-corrected chi connectivity index (χ3v) is 4.36. The van der Waals surface area contributed by atoms with E-state index in [0.717, 1.165) is 45.1 Å². The van der Waals surface area contributed by atoms with Gasteiger partial charge in [-0.15, -0.1) is 0 Å². The van der Waals surface area contributed by atoms with Crippen molar-refractivity contribution in [1.82, 2.24) is 19.6 Å². The number of hydrogen-bond acceptors (Lipinski definition) is 5. The van der Waals surface area contributed by atoms with Crippen LogP contribution >= 0.6 is 0 Å². The maximum absolute atomic E-state index is 12.5. The normalized spacial score (nSPS) is 18.3. The number of aromatic nitrogens is 2. The Bertz CT molecular complexity index is 494. The fourth-order valence-electron chi connectivity index (χ4n) is 2.82. The number of nitrogens with zero attached hydrogens (tertiary/aromatic N) is 4. The standard InChI is InChI=1S/C16H29N5O2/c1-13(2)21-15(5-6-17-21)18-16(22)14(3)20-9-7-19(8-10-20)11-12-23-4/h5-6,13-14H,7-12H2,1-4H3,(H,18,22)/t14-/m0/s1. The predicted molar refractivity (Wildman–Crippen MR) is 90.6 cm³/mol. The van der Waals surface area contributed by atoms with Gasteiger partial charge in [0.15, 0.2) is 0 Å². The summed E-state index contributed by atoms with van der Waals surface area (Å²) in [5.74, 6) is 0.785. The lowest BCUT2D eigenvalue weighted by Gasteiger charge is -2.37. The largest absolute Gasteiger partial charge is 0.383 e. The van der Waals surface area contributed by atoms with Crippen molar-refractivity contribution in [3.63, 3.8) is 0 Å². The van der Waals surface area contributed by atoms with E-state index in [1.807, 2.05) is 31.5 Å². The summed E-state index contributed by atoms with van der Waals surface area (Å²) < 4.78 is 6.95. The monoisotopic (exact) mass is 323 g/mol. The highest BCUT2D eigenvalue weighted by Crippen LogP contribution is 2.14. The molecule has 1 atom stereocenters. The van der Waals surface area contributed by atoms with Crippen molar-refractivity contribution in [2.24, 2.45) is 0 Å². The highest BCUT2D eigenvalue weighted by molar-refractivity contribution is 5.93. The molecule has 0 aliphatic carbocycles. The minimum atomic E-state index is -0.143. The molecule has 0 unspecified atom stereocenters. The van der Waals surface area contributed by atoms with Crippen LogP contribution in [0.3, 0.4) is 0 Å². The van der Waals surface area contributed by atoms with Gasteiger partial charge in [-0.1, -0.05) is 0 Å². The minimum Gasteiger partial charge on any atom is -0.383 e. The SMILES string of the molecule is COCCN1CCN([C@@H](C)C(=O)Nc2ccnn2C(C)C)CC1. The number of nitrogens with one attached hydrogen (secondary N) is 1. The quantitative estimate of drug-likeness (QED) is 0.813. The molecule has 1 aromatic rings. The van der Waals surface area contributed by atoms with Gasteiger partial charge in [-0.25, -0.2) is 4.68 Å². The van der Waals surface area contributed by atoms with Crippen molar-refractivity contribution in [3.8, 4) is 0 Å². The second-order valence-electron chi connectivity index (χ2n) is 6.29. The molecular weight excluding hydrogens is 294 g/mol. The minimum absolute atomic E-state index is 0.0257. The van der Waals surface area contributed by atoms with E-state index in [-0.39, 0.29) is 18.0 Å². The molecule has 1 aromatic heterocycles. The summed E-state index contributed by atoms with van der Waals surface area (Å²) in [6.45, 7) is 11.5. The lowest BCUT2D eigenvalue weighted by atomic mass is 10.2. The smallest absolute Gasteiger partial charge is 0.242 e. The molecule has 1 saturated heterocycles. The van der Waals surface area contributed by atoms with Crippen molar-refractivity contribution in [2.75, 3.05) is 51.8 Å². The first-order valence-electron chi connectivity index (χ1n) is 8.32. The van der Waals surface area contributed by atoms with Gasteiger partial charge in [0.05, 0.1) is 18.8 Å². The summed E-state index contributed by atoms with van der Waals surface area (Å²) in [7, 11) is 1.73. The van der Waals surface area contributed by atoms with Crippen molar-refractivity contribution in [1.29, 1.82) is 0 Å². The molecular formula is C16H29N5O2. The van der Waals surface area contributed by atoms with Crippen molar-refractivity contribution < 1.29 is 9.53 Å². The molecule has 1 amide bonds. The maximum atomic E-state index is 12.5. The average molecular weight is 323 g/mol. The predicted octanol–water partition coefficient (Wildman–Crippen LogP) is 1.06. The van der Waals surface area contributed by atoms with Crippen LogP contribution in [-0.2, 0) is 9.53 Å². The molecule has 2 rings (SSSR count). The van der Waals surface area contributed by atoms with E-state index in [1.54, 1.807) is 13.3 Å². The zero-order chi connectivity index (χ0) is 16.8. The Hall–Kier alpha value is -1.44. The van der Waals surface area contributed by atoms with Crippen LogP contribution in [0.1, 0.15) is 26.8 Å². The van der Waals surface area contributed by atoms with Crippen LogP contribution in [0.15, 0.2) is 12.3 Å². The topological polar surface area (TPSA) is 62.6 Å². The van der Waals surface area contributed by atoms with Crippen LogP contribution in [-0.4, -0.2) is 78.0 Å². The van der Waals surface area contributed by atoms with E-state index in [0.29, 0.717) is 0 Å². The van der Waals surface area contributed by atoms with Crippen LogP contribution in [0, 0.1) is 0 Å². The van der Waals surface area contributed by atoms with Gasteiger partial charge in [-0.2, -0.15) is 5.10 Å². The van der Waals surface area contributed by atoms with E-state index in [2.05, 4.69) is 20.2 Å². The number of carbonyl (C=O) groups is 1. The number of carbonyl (C=O) groups excluding carboxylic acids is 1. The third-order valence-electron chi connectivity index (χ3n) is 4.36. The van der Waals surface area contributed by atoms with Gasteiger partial charge < -0.3 is 10.1 Å². The molecule has 7 nitrogen and oxygen atoms in total. The molecule has 0 spiro atoms. The second kappa shape index (κ2) is 8.42. The summed E-state index contributed by atoms with van der Waals surface area (Å²) in [6, 6.07) is 1.92. The third kappa shape index (κ3) is 4.76. The molecule has 23 heavy (non-hydrogen) atoms. The van der Waals surface area contributed by atoms with Gasteiger partial charge >= 0.3 is 0 Å². The molecule has 0 saturated carbocycles. The Morgan fingerprint density at radius 3 is 2.61 bits per heavy atom. The molecule has 1 N–H and O–H groups in total. The van der Waals surface area contributed by atoms with E-state index < -0.39 is 0 Å². The fourth-order valence-corrected chi connectivity index (χ4v) is 2.82. The summed E-state index contributed by atoms with van der Waals surface area (Å²) in [6.07, 6.45) is 1.72. The molecule has 1 fully saturated rings. The molecule has 130 valence electrons. The molecule has 1 aliphatic rings. The Balaban J connectivity index is 1.85. The molecule has 0 aromatic carbocycles. The van der Waals surface area contributed by atoms with Gasteiger partial charge in [0.25, 0.3) is 0 Å². The van der Waals surface area contributed by atoms with E-state index in [1.165, 1.54) is 0 Å². The van der Waals surface area contributed by atoms with Crippen LogP contribution in [0.25, 0.3) is 0 Å².